The van der Waals surface area contributed by atoms with Crippen LogP contribution in [0, 0.1) is 19.8 Å². The van der Waals surface area contributed by atoms with Gasteiger partial charge in [-0.25, -0.2) is 4.98 Å². The highest BCUT2D eigenvalue weighted by molar-refractivity contribution is 5.41. The molecule has 0 spiro atoms. The second-order valence-corrected chi connectivity index (χ2v) is 5.72. The molecule has 2 heterocycles. The third-order valence-corrected chi connectivity index (χ3v) is 2.78. The maximum atomic E-state index is 4.36. The van der Waals surface area contributed by atoms with Crippen LogP contribution in [-0.4, -0.2) is 24.1 Å². The lowest BCUT2D eigenvalue weighted by molar-refractivity contribution is 0.737. The van der Waals surface area contributed by atoms with Crippen LogP contribution in [0.2, 0.25) is 0 Å². The first kappa shape index (κ1) is 15.0. The molecule has 1 saturated heterocycles. The average Bonchev–Trinajstić information content (AvgIpc) is 2.75. The summed E-state index contributed by atoms with van der Waals surface area (Å²) < 4.78 is 0. The highest BCUT2D eigenvalue weighted by Gasteiger charge is 2.14. The van der Waals surface area contributed by atoms with Crippen molar-refractivity contribution in [2.45, 2.75) is 47.1 Å². The van der Waals surface area contributed by atoms with Crippen LogP contribution in [0.5, 0.6) is 0 Å². The Bertz CT molecular complexity index is 352. The standard InChI is InChI=1S/C11H17N3.C4H10/c1-8-5-11(13-6-9(8)2)14-10-3-4-12-7-10;1-4(2)3/h5-6,10,12H,3-4,7H2,1-2H3,(H,13,14);4H,1-3H3. The fraction of sp³-hybridized carbons (Fsp3) is 0.667. The zero-order valence-electron chi connectivity index (χ0n) is 12.4. The summed E-state index contributed by atoms with van der Waals surface area (Å²) in [5.74, 6) is 1.84. The molecule has 102 valence electrons. The molecule has 18 heavy (non-hydrogen) atoms. The van der Waals surface area contributed by atoms with Crippen LogP contribution in [0.15, 0.2) is 12.3 Å². The Morgan fingerprint density at radius 2 is 1.94 bits per heavy atom. The normalized spacial score (nSPS) is 18.4. The van der Waals surface area contributed by atoms with E-state index in [0.717, 1.165) is 24.8 Å². The number of aryl methyl sites for hydroxylation is 2. The van der Waals surface area contributed by atoms with Crippen molar-refractivity contribution in [1.29, 1.82) is 0 Å². The molecular weight excluding hydrogens is 222 g/mol. The van der Waals surface area contributed by atoms with Gasteiger partial charge in [-0.3, -0.25) is 0 Å². The van der Waals surface area contributed by atoms with Crippen molar-refractivity contribution in [3.8, 4) is 0 Å². The zero-order valence-corrected chi connectivity index (χ0v) is 12.4. The molecule has 0 bridgehead atoms. The third kappa shape index (κ3) is 5.50. The lowest BCUT2D eigenvalue weighted by atomic mass is 10.2. The third-order valence-electron chi connectivity index (χ3n) is 2.78. The van der Waals surface area contributed by atoms with Crippen LogP contribution in [0.1, 0.15) is 38.3 Å². The van der Waals surface area contributed by atoms with E-state index in [4.69, 9.17) is 0 Å². The summed E-state index contributed by atoms with van der Waals surface area (Å²) in [6, 6.07) is 2.66. The number of hydrogen-bond donors (Lipinski definition) is 2. The van der Waals surface area contributed by atoms with Crippen molar-refractivity contribution >= 4 is 5.82 Å². The molecule has 3 nitrogen and oxygen atoms in total. The van der Waals surface area contributed by atoms with Gasteiger partial charge < -0.3 is 10.6 Å². The van der Waals surface area contributed by atoms with E-state index in [1.165, 1.54) is 17.5 Å². The molecule has 1 aliphatic rings. The molecule has 1 aliphatic heterocycles. The van der Waals surface area contributed by atoms with Crippen molar-refractivity contribution in [3.63, 3.8) is 0 Å². The molecule has 2 rings (SSSR count). The van der Waals surface area contributed by atoms with Gasteiger partial charge in [0.05, 0.1) is 0 Å². The predicted molar refractivity (Wildman–Crippen MR) is 79.1 cm³/mol. The van der Waals surface area contributed by atoms with Crippen LogP contribution in [0.3, 0.4) is 0 Å². The molecule has 1 unspecified atom stereocenters. The Labute approximate surface area is 111 Å². The lowest BCUT2D eigenvalue weighted by Gasteiger charge is -2.12. The monoisotopic (exact) mass is 249 g/mol. The van der Waals surface area contributed by atoms with Gasteiger partial charge in [-0.05, 0) is 49.9 Å². The fourth-order valence-electron chi connectivity index (χ4n) is 1.69. The highest BCUT2D eigenvalue weighted by atomic mass is 15.1. The summed E-state index contributed by atoms with van der Waals surface area (Å²) in [6.45, 7) is 12.9. The van der Waals surface area contributed by atoms with Crippen molar-refractivity contribution in [3.05, 3.63) is 23.4 Å². The van der Waals surface area contributed by atoms with Crippen LogP contribution in [0.25, 0.3) is 0 Å². The van der Waals surface area contributed by atoms with E-state index in [1.54, 1.807) is 0 Å². The first-order valence-corrected chi connectivity index (χ1v) is 6.89. The van der Waals surface area contributed by atoms with E-state index in [2.05, 4.69) is 56.3 Å². The Morgan fingerprint density at radius 3 is 2.44 bits per heavy atom. The molecule has 1 atom stereocenters. The highest BCUT2D eigenvalue weighted by Crippen LogP contribution is 2.13. The Balaban J connectivity index is 0.000000357. The summed E-state index contributed by atoms with van der Waals surface area (Å²) >= 11 is 0. The second-order valence-electron chi connectivity index (χ2n) is 5.72. The minimum Gasteiger partial charge on any atom is -0.366 e. The number of hydrogen-bond acceptors (Lipinski definition) is 3. The van der Waals surface area contributed by atoms with Gasteiger partial charge in [-0.15, -0.1) is 0 Å². The topological polar surface area (TPSA) is 37.0 Å². The van der Waals surface area contributed by atoms with Gasteiger partial charge in [0.1, 0.15) is 5.82 Å². The molecule has 3 heteroatoms. The summed E-state index contributed by atoms with van der Waals surface area (Å²) in [4.78, 5) is 4.36. The molecule has 1 fully saturated rings. The quantitative estimate of drug-likeness (QED) is 0.845. The SMILES string of the molecule is CC(C)C.Cc1cnc(NC2CCNC2)cc1C. The molecule has 0 saturated carbocycles. The van der Waals surface area contributed by atoms with E-state index in [1.807, 2.05) is 6.20 Å². The van der Waals surface area contributed by atoms with E-state index >= 15 is 0 Å². The fourth-order valence-corrected chi connectivity index (χ4v) is 1.69. The number of nitrogens with one attached hydrogen (secondary N) is 2. The molecule has 0 aromatic carbocycles. The summed E-state index contributed by atoms with van der Waals surface area (Å²) in [5.41, 5.74) is 2.55. The summed E-state index contributed by atoms with van der Waals surface area (Å²) in [6.07, 6.45) is 3.12. The van der Waals surface area contributed by atoms with Crippen molar-refractivity contribution in [1.82, 2.24) is 10.3 Å². The Kier molecular flexibility index (Phi) is 6.13. The number of aromatic nitrogens is 1. The van der Waals surface area contributed by atoms with Crippen LogP contribution < -0.4 is 10.6 Å². The number of nitrogens with zero attached hydrogens (tertiary/aromatic N) is 1. The molecular formula is C15H27N3. The van der Waals surface area contributed by atoms with E-state index < -0.39 is 0 Å². The second kappa shape index (κ2) is 7.37. The largest absolute Gasteiger partial charge is 0.366 e. The van der Waals surface area contributed by atoms with Crippen LogP contribution in [-0.2, 0) is 0 Å². The van der Waals surface area contributed by atoms with Gasteiger partial charge in [-0.2, -0.15) is 0 Å². The number of pyridine rings is 1. The number of anilines is 1. The van der Waals surface area contributed by atoms with Gasteiger partial charge in [0.25, 0.3) is 0 Å². The lowest BCUT2D eigenvalue weighted by Crippen LogP contribution is -2.22. The van der Waals surface area contributed by atoms with Gasteiger partial charge in [0, 0.05) is 18.8 Å². The van der Waals surface area contributed by atoms with E-state index in [0.29, 0.717) is 6.04 Å². The van der Waals surface area contributed by atoms with Crippen molar-refractivity contribution < 1.29 is 0 Å². The smallest absolute Gasteiger partial charge is 0.126 e. The molecule has 0 radical (unpaired) electrons. The van der Waals surface area contributed by atoms with Gasteiger partial charge in [0.15, 0.2) is 0 Å². The minimum absolute atomic E-state index is 0.546. The van der Waals surface area contributed by atoms with Crippen LogP contribution >= 0.6 is 0 Å². The summed E-state index contributed by atoms with van der Waals surface area (Å²) in [7, 11) is 0. The molecule has 1 aromatic rings. The Morgan fingerprint density at radius 1 is 1.28 bits per heavy atom. The molecule has 0 amide bonds. The van der Waals surface area contributed by atoms with Gasteiger partial charge in [0.2, 0.25) is 0 Å². The molecule has 2 N–H and O–H groups in total. The average molecular weight is 249 g/mol. The van der Waals surface area contributed by atoms with Gasteiger partial charge >= 0.3 is 0 Å². The van der Waals surface area contributed by atoms with Crippen molar-refractivity contribution in [2.75, 3.05) is 18.4 Å². The van der Waals surface area contributed by atoms with E-state index in [9.17, 15) is 0 Å². The van der Waals surface area contributed by atoms with Gasteiger partial charge in [-0.1, -0.05) is 20.8 Å². The molecule has 1 aromatic heterocycles. The first-order valence-electron chi connectivity index (χ1n) is 6.89. The number of rotatable bonds is 2. The maximum Gasteiger partial charge on any atom is 0.126 e. The minimum atomic E-state index is 0.546. The predicted octanol–water partition coefficient (Wildman–Crippen LogP) is 3.13. The van der Waals surface area contributed by atoms with E-state index in [-0.39, 0.29) is 0 Å². The maximum absolute atomic E-state index is 4.36. The zero-order chi connectivity index (χ0) is 13.5. The van der Waals surface area contributed by atoms with Crippen LogP contribution in [0.4, 0.5) is 5.82 Å². The summed E-state index contributed by atoms with van der Waals surface area (Å²) in [5, 5.41) is 6.76. The molecule has 0 aliphatic carbocycles. The van der Waals surface area contributed by atoms with Crippen molar-refractivity contribution in [2.24, 2.45) is 5.92 Å². The Hall–Kier alpha value is -1.09. The first-order chi connectivity index (χ1) is 8.49.